The maximum atomic E-state index is 15.6. The van der Waals surface area contributed by atoms with Crippen molar-refractivity contribution in [1.29, 1.82) is 0 Å². The molecule has 3 aromatic rings. The molecule has 1 aromatic heterocycles. The van der Waals surface area contributed by atoms with E-state index in [9.17, 15) is 18.9 Å². The summed E-state index contributed by atoms with van der Waals surface area (Å²) in [7, 11) is 1.11. The van der Waals surface area contributed by atoms with E-state index in [1.165, 1.54) is 35.4 Å². The number of aromatic nitrogens is 2. The van der Waals surface area contributed by atoms with Crippen molar-refractivity contribution in [3.05, 3.63) is 82.0 Å². The van der Waals surface area contributed by atoms with Gasteiger partial charge in [-0.15, -0.1) is 0 Å². The maximum Gasteiger partial charge on any atom is 0.415 e. The number of halogens is 3. The summed E-state index contributed by atoms with van der Waals surface area (Å²) in [6.07, 6.45) is 2.34. The fourth-order valence-electron chi connectivity index (χ4n) is 4.77. The highest BCUT2D eigenvalue weighted by molar-refractivity contribution is 5.53. The van der Waals surface area contributed by atoms with Gasteiger partial charge >= 0.3 is 17.8 Å². The van der Waals surface area contributed by atoms with Crippen molar-refractivity contribution in [2.45, 2.75) is 25.0 Å². The zero-order valence-electron chi connectivity index (χ0n) is 21.9. The van der Waals surface area contributed by atoms with Crippen LogP contribution < -0.4 is 14.4 Å². The van der Waals surface area contributed by atoms with E-state index in [0.29, 0.717) is 30.9 Å². The van der Waals surface area contributed by atoms with Gasteiger partial charge in [0.15, 0.2) is 11.4 Å². The second kappa shape index (κ2) is 10.8. The van der Waals surface area contributed by atoms with E-state index in [2.05, 4.69) is 4.98 Å². The number of nitro groups is 1. The Hall–Kier alpha value is -4.10. The van der Waals surface area contributed by atoms with Crippen LogP contribution in [0.15, 0.2) is 60.6 Å². The normalized spacial score (nSPS) is 21.0. The second-order valence-electron chi connectivity index (χ2n) is 9.88. The van der Waals surface area contributed by atoms with Crippen LogP contribution in [0.2, 0.25) is 0 Å². The first-order chi connectivity index (χ1) is 19.1. The highest BCUT2D eigenvalue weighted by Crippen LogP contribution is 2.34. The minimum Gasteiger partial charge on any atom is -0.489 e. The van der Waals surface area contributed by atoms with Gasteiger partial charge in [0.1, 0.15) is 24.4 Å². The SMILES string of the molecule is COC(F)(/C(F)=C/c1ccc(F)cc1)N1CCN(c2ccc(OCC3(C)Cn4cc([N+](=O)[O-])nc4O3)cc2)CC1. The smallest absolute Gasteiger partial charge is 0.415 e. The van der Waals surface area contributed by atoms with Gasteiger partial charge in [0.2, 0.25) is 0 Å². The van der Waals surface area contributed by atoms with E-state index in [4.69, 9.17) is 14.2 Å². The standard InChI is InChI=1S/C27H28F3N5O5/c1-26(17-33-16-24(35(36)37)31-25(33)40-26)18-39-22-9-7-21(8-10-22)32-11-13-34(14-12-32)27(30,38-2)23(29)15-19-3-5-20(28)6-4-19/h3-10,15-16H,11-14,17-18H2,1-2H3/b23-15-. The number of methoxy groups -OCH3 is 1. The van der Waals surface area contributed by atoms with Crippen molar-refractivity contribution >= 4 is 17.6 Å². The van der Waals surface area contributed by atoms with Crippen molar-refractivity contribution in [3.8, 4) is 11.8 Å². The van der Waals surface area contributed by atoms with Gasteiger partial charge in [0.25, 0.3) is 0 Å². The molecule has 0 bridgehead atoms. The van der Waals surface area contributed by atoms with Crippen LogP contribution in [-0.4, -0.2) is 70.8 Å². The number of nitrogens with zero attached hydrogens (tertiary/aromatic N) is 5. The highest BCUT2D eigenvalue weighted by atomic mass is 19.2. The van der Waals surface area contributed by atoms with E-state index in [1.54, 1.807) is 4.57 Å². The van der Waals surface area contributed by atoms with E-state index >= 15 is 4.39 Å². The lowest BCUT2D eigenvalue weighted by Crippen LogP contribution is -2.56. The fraction of sp³-hybridized carbons (Fsp3) is 0.370. The minimum absolute atomic E-state index is 0.184. The molecule has 2 unspecified atom stereocenters. The summed E-state index contributed by atoms with van der Waals surface area (Å²) in [4.78, 5) is 17.5. The van der Waals surface area contributed by atoms with Crippen LogP contribution in [-0.2, 0) is 11.3 Å². The van der Waals surface area contributed by atoms with Crippen LogP contribution in [0.1, 0.15) is 12.5 Å². The molecule has 2 aromatic carbocycles. The van der Waals surface area contributed by atoms with Gasteiger partial charge in [-0.2, -0.15) is 4.39 Å². The lowest BCUT2D eigenvalue weighted by atomic mass is 10.1. The number of piperazine rings is 1. The molecule has 10 nitrogen and oxygen atoms in total. The minimum atomic E-state index is -2.74. The van der Waals surface area contributed by atoms with Gasteiger partial charge < -0.3 is 29.2 Å². The lowest BCUT2D eigenvalue weighted by molar-refractivity contribution is -0.389. The number of alkyl halides is 1. The van der Waals surface area contributed by atoms with Gasteiger partial charge in [-0.3, -0.25) is 4.57 Å². The third kappa shape index (κ3) is 5.61. The summed E-state index contributed by atoms with van der Waals surface area (Å²) in [6.45, 7) is 3.68. The molecule has 1 saturated heterocycles. The summed E-state index contributed by atoms with van der Waals surface area (Å²) >= 11 is 0. The second-order valence-corrected chi connectivity index (χ2v) is 9.88. The largest absolute Gasteiger partial charge is 0.489 e. The first kappa shape index (κ1) is 27.5. The molecular weight excluding hydrogens is 531 g/mol. The van der Waals surface area contributed by atoms with Crippen molar-refractivity contribution in [2.24, 2.45) is 0 Å². The predicted molar refractivity (Wildman–Crippen MR) is 140 cm³/mol. The van der Waals surface area contributed by atoms with Crippen LogP contribution in [0.4, 0.5) is 24.7 Å². The average molecular weight is 560 g/mol. The summed E-state index contributed by atoms with van der Waals surface area (Å²) in [5.74, 6) is -3.97. The Labute approximate surface area is 228 Å². The Morgan fingerprint density at radius 3 is 2.45 bits per heavy atom. The molecule has 2 atom stereocenters. The number of hydrogen-bond donors (Lipinski definition) is 0. The molecular formula is C27H28F3N5O5. The number of benzene rings is 2. The quantitative estimate of drug-likeness (QED) is 0.214. The number of fused-ring (bicyclic) bond motifs is 1. The lowest BCUT2D eigenvalue weighted by Gasteiger charge is -2.41. The molecule has 2 aliphatic rings. The van der Waals surface area contributed by atoms with Gasteiger partial charge in [-0.1, -0.05) is 12.1 Å². The number of imidazole rings is 1. The Kier molecular flexibility index (Phi) is 7.43. The summed E-state index contributed by atoms with van der Waals surface area (Å²) in [5, 5.41) is 10.9. The molecule has 1 fully saturated rings. The third-order valence-electron chi connectivity index (χ3n) is 6.92. The Morgan fingerprint density at radius 1 is 1.18 bits per heavy atom. The van der Waals surface area contributed by atoms with E-state index in [0.717, 1.165) is 18.9 Å². The zero-order valence-corrected chi connectivity index (χ0v) is 21.9. The van der Waals surface area contributed by atoms with Crippen LogP contribution in [0.5, 0.6) is 11.8 Å². The van der Waals surface area contributed by atoms with E-state index in [-0.39, 0.29) is 31.5 Å². The molecule has 0 aliphatic carbocycles. The molecule has 5 rings (SSSR count). The zero-order chi connectivity index (χ0) is 28.5. The van der Waals surface area contributed by atoms with Crippen LogP contribution in [0, 0.1) is 15.9 Å². The molecule has 13 heteroatoms. The van der Waals surface area contributed by atoms with E-state index < -0.39 is 28.1 Å². The van der Waals surface area contributed by atoms with Gasteiger partial charge in [0, 0.05) is 44.0 Å². The van der Waals surface area contributed by atoms with Crippen LogP contribution in [0.3, 0.4) is 0 Å². The molecule has 40 heavy (non-hydrogen) atoms. The first-order valence-corrected chi connectivity index (χ1v) is 12.6. The number of hydrogen-bond acceptors (Lipinski definition) is 8. The van der Waals surface area contributed by atoms with Gasteiger partial charge in [-0.05, 0) is 59.9 Å². The number of anilines is 1. The van der Waals surface area contributed by atoms with Gasteiger partial charge in [0.05, 0.1) is 6.54 Å². The van der Waals surface area contributed by atoms with Crippen molar-refractivity contribution in [2.75, 3.05) is 44.8 Å². The van der Waals surface area contributed by atoms with Crippen molar-refractivity contribution < 1.29 is 32.3 Å². The van der Waals surface area contributed by atoms with Crippen LogP contribution >= 0.6 is 0 Å². The Morgan fingerprint density at radius 2 is 1.85 bits per heavy atom. The molecule has 212 valence electrons. The molecule has 0 spiro atoms. The highest BCUT2D eigenvalue weighted by Gasteiger charge is 2.44. The third-order valence-corrected chi connectivity index (χ3v) is 6.92. The molecule has 0 saturated carbocycles. The Balaban J connectivity index is 1.15. The molecule has 2 aliphatic heterocycles. The van der Waals surface area contributed by atoms with Crippen LogP contribution in [0.25, 0.3) is 6.08 Å². The monoisotopic (exact) mass is 559 g/mol. The maximum absolute atomic E-state index is 15.6. The number of ether oxygens (including phenoxy) is 3. The number of rotatable bonds is 9. The average Bonchev–Trinajstić information content (AvgIpc) is 3.49. The van der Waals surface area contributed by atoms with Crippen molar-refractivity contribution in [1.82, 2.24) is 14.5 Å². The van der Waals surface area contributed by atoms with Crippen molar-refractivity contribution in [3.63, 3.8) is 0 Å². The molecule has 0 amide bonds. The summed E-state index contributed by atoms with van der Waals surface area (Å²) in [6, 6.07) is 12.6. The first-order valence-electron chi connectivity index (χ1n) is 12.6. The molecule has 0 radical (unpaired) electrons. The fourth-order valence-corrected chi connectivity index (χ4v) is 4.77. The van der Waals surface area contributed by atoms with E-state index in [1.807, 2.05) is 36.1 Å². The molecule has 0 N–H and O–H groups in total. The van der Waals surface area contributed by atoms with Gasteiger partial charge in [-0.25, -0.2) is 13.7 Å². The topological polar surface area (TPSA) is 95.1 Å². The summed E-state index contributed by atoms with van der Waals surface area (Å²) in [5.41, 5.74) is 0.488. The Bertz CT molecular complexity index is 1370. The molecule has 3 heterocycles. The summed E-state index contributed by atoms with van der Waals surface area (Å²) < 4.78 is 62.0. The predicted octanol–water partition coefficient (Wildman–Crippen LogP) is 4.56.